The fourth-order valence-electron chi connectivity index (χ4n) is 2.63. The van der Waals surface area contributed by atoms with Crippen LogP contribution < -0.4 is 10.2 Å². The van der Waals surface area contributed by atoms with Crippen molar-refractivity contribution in [2.45, 2.75) is 13.5 Å². The Labute approximate surface area is 124 Å². The third-order valence-corrected chi connectivity index (χ3v) is 3.91. The number of amides is 1. The number of imidazole rings is 1. The predicted octanol–water partition coefficient (Wildman–Crippen LogP) is 0.722. The number of hydrogen-bond donors (Lipinski definition) is 1. The summed E-state index contributed by atoms with van der Waals surface area (Å²) in [5.41, 5.74) is 2.04. The number of fused-ring (bicyclic) bond motifs is 1. The average Bonchev–Trinajstić information content (AvgIpc) is 2.86. The highest BCUT2D eigenvalue weighted by Crippen LogP contribution is 2.23. The molecule has 6 heteroatoms. The van der Waals surface area contributed by atoms with Gasteiger partial charge < -0.3 is 19.5 Å². The number of nitrogens with one attached hydrogen (secondary N) is 1. The largest absolute Gasteiger partial charge is 0.344 e. The van der Waals surface area contributed by atoms with Crippen LogP contribution in [0.15, 0.2) is 24.4 Å². The number of piperazine rings is 1. The molecule has 1 N–H and O–H groups in total. The van der Waals surface area contributed by atoms with Gasteiger partial charge in [-0.2, -0.15) is 0 Å². The SMILES string of the molecule is CCNCc1c(N2CCN(C)C(=O)C2)nc2ccccn12. The van der Waals surface area contributed by atoms with Crippen LogP contribution in [0.25, 0.3) is 5.65 Å². The molecule has 0 spiro atoms. The van der Waals surface area contributed by atoms with Gasteiger partial charge in [0.2, 0.25) is 5.91 Å². The van der Waals surface area contributed by atoms with Crippen molar-refractivity contribution in [3.05, 3.63) is 30.1 Å². The van der Waals surface area contributed by atoms with E-state index in [1.807, 2.05) is 31.4 Å². The van der Waals surface area contributed by atoms with Crippen LogP contribution in [0.4, 0.5) is 5.82 Å². The molecule has 1 aliphatic rings. The molecule has 0 radical (unpaired) electrons. The molecule has 6 nitrogen and oxygen atoms in total. The molecule has 1 amide bonds. The first kappa shape index (κ1) is 13.9. The summed E-state index contributed by atoms with van der Waals surface area (Å²) in [6.45, 7) is 5.71. The minimum atomic E-state index is 0.146. The highest BCUT2D eigenvalue weighted by atomic mass is 16.2. The lowest BCUT2D eigenvalue weighted by atomic mass is 10.3. The number of nitrogens with zero attached hydrogens (tertiary/aromatic N) is 4. The van der Waals surface area contributed by atoms with E-state index in [0.29, 0.717) is 6.54 Å². The lowest BCUT2D eigenvalue weighted by Crippen LogP contribution is -2.49. The van der Waals surface area contributed by atoms with Crippen molar-refractivity contribution in [3.8, 4) is 0 Å². The minimum absolute atomic E-state index is 0.146. The van der Waals surface area contributed by atoms with Gasteiger partial charge in [-0.05, 0) is 18.7 Å². The van der Waals surface area contributed by atoms with Crippen molar-refractivity contribution in [2.75, 3.05) is 38.1 Å². The Morgan fingerprint density at radius 2 is 2.19 bits per heavy atom. The number of hydrogen-bond acceptors (Lipinski definition) is 4. The molecule has 0 saturated carbocycles. The number of anilines is 1. The maximum Gasteiger partial charge on any atom is 0.241 e. The summed E-state index contributed by atoms with van der Waals surface area (Å²) in [6.07, 6.45) is 2.02. The van der Waals surface area contributed by atoms with Gasteiger partial charge >= 0.3 is 0 Å². The third-order valence-electron chi connectivity index (χ3n) is 3.91. The third kappa shape index (κ3) is 2.58. The Morgan fingerprint density at radius 1 is 1.33 bits per heavy atom. The second kappa shape index (κ2) is 5.73. The molecule has 2 aromatic heterocycles. The van der Waals surface area contributed by atoms with Crippen LogP contribution in [-0.2, 0) is 11.3 Å². The summed E-state index contributed by atoms with van der Waals surface area (Å²) in [6, 6.07) is 5.98. The first-order valence-corrected chi connectivity index (χ1v) is 7.36. The summed E-state index contributed by atoms with van der Waals surface area (Å²) >= 11 is 0. The van der Waals surface area contributed by atoms with Crippen LogP contribution in [0.5, 0.6) is 0 Å². The highest BCUT2D eigenvalue weighted by Gasteiger charge is 2.25. The predicted molar refractivity (Wildman–Crippen MR) is 82.4 cm³/mol. The molecule has 0 aliphatic carbocycles. The van der Waals surface area contributed by atoms with Crippen LogP contribution in [0.2, 0.25) is 0 Å². The average molecular weight is 287 g/mol. The summed E-state index contributed by atoms with van der Waals surface area (Å²) in [7, 11) is 1.85. The van der Waals surface area contributed by atoms with E-state index in [1.54, 1.807) is 4.90 Å². The smallest absolute Gasteiger partial charge is 0.241 e. The standard InChI is InChI=1S/C15H21N5O/c1-3-16-10-12-15(17-13-6-4-5-7-20(12)13)19-9-8-18(2)14(21)11-19/h4-7,16H,3,8-11H2,1-2H3. The zero-order valence-corrected chi connectivity index (χ0v) is 12.5. The Morgan fingerprint density at radius 3 is 2.95 bits per heavy atom. The van der Waals surface area contributed by atoms with Crippen molar-refractivity contribution in [1.82, 2.24) is 19.6 Å². The van der Waals surface area contributed by atoms with Gasteiger partial charge in [-0.3, -0.25) is 4.79 Å². The van der Waals surface area contributed by atoms with E-state index < -0.39 is 0 Å². The molecule has 3 heterocycles. The lowest BCUT2D eigenvalue weighted by Gasteiger charge is -2.32. The minimum Gasteiger partial charge on any atom is -0.344 e. The van der Waals surface area contributed by atoms with Crippen LogP contribution in [0, 0.1) is 0 Å². The Bertz CT molecular complexity index is 651. The van der Waals surface area contributed by atoms with Crippen molar-refractivity contribution >= 4 is 17.4 Å². The number of aromatic nitrogens is 2. The molecule has 1 fully saturated rings. The fourth-order valence-corrected chi connectivity index (χ4v) is 2.63. The van der Waals surface area contributed by atoms with E-state index in [0.717, 1.165) is 43.3 Å². The number of carbonyl (C=O) groups excluding carboxylic acids is 1. The van der Waals surface area contributed by atoms with Gasteiger partial charge in [-0.15, -0.1) is 0 Å². The summed E-state index contributed by atoms with van der Waals surface area (Å²) in [4.78, 5) is 20.5. The first-order valence-electron chi connectivity index (χ1n) is 7.36. The van der Waals surface area contributed by atoms with Crippen LogP contribution in [0.3, 0.4) is 0 Å². The van der Waals surface area contributed by atoms with E-state index >= 15 is 0 Å². The zero-order valence-electron chi connectivity index (χ0n) is 12.5. The molecular formula is C15H21N5O. The summed E-state index contributed by atoms with van der Waals surface area (Å²) in [5, 5.41) is 3.36. The molecule has 112 valence electrons. The maximum atomic E-state index is 12.0. The molecule has 3 rings (SSSR count). The monoisotopic (exact) mass is 287 g/mol. The van der Waals surface area contributed by atoms with E-state index in [1.165, 1.54) is 0 Å². The molecule has 0 atom stereocenters. The van der Waals surface area contributed by atoms with Gasteiger partial charge in [0.15, 0.2) is 5.82 Å². The van der Waals surface area contributed by atoms with Gasteiger partial charge in [0.25, 0.3) is 0 Å². The first-order chi connectivity index (χ1) is 10.2. The maximum absolute atomic E-state index is 12.0. The van der Waals surface area contributed by atoms with Crippen molar-refractivity contribution in [1.29, 1.82) is 0 Å². The van der Waals surface area contributed by atoms with Gasteiger partial charge in [-0.1, -0.05) is 13.0 Å². The molecule has 21 heavy (non-hydrogen) atoms. The van der Waals surface area contributed by atoms with Gasteiger partial charge in [0.1, 0.15) is 5.65 Å². The van der Waals surface area contributed by atoms with E-state index in [4.69, 9.17) is 4.98 Å². The van der Waals surface area contributed by atoms with Crippen LogP contribution >= 0.6 is 0 Å². The van der Waals surface area contributed by atoms with Crippen molar-refractivity contribution in [2.24, 2.45) is 0 Å². The molecule has 0 aromatic carbocycles. The molecule has 1 saturated heterocycles. The van der Waals surface area contributed by atoms with Gasteiger partial charge in [0.05, 0.1) is 12.2 Å². The fraction of sp³-hybridized carbons (Fsp3) is 0.467. The molecule has 0 unspecified atom stereocenters. The van der Waals surface area contributed by atoms with Crippen LogP contribution in [-0.4, -0.2) is 53.4 Å². The molecular weight excluding hydrogens is 266 g/mol. The zero-order chi connectivity index (χ0) is 14.8. The number of pyridine rings is 1. The summed E-state index contributed by atoms with van der Waals surface area (Å²) < 4.78 is 2.10. The normalized spacial score (nSPS) is 16.0. The summed E-state index contributed by atoms with van der Waals surface area (Å²) in [5.74, 6) is 1.07. The topological polar surface area (TPSA) is 52.9 Å². The van der Waals surface area contributed by atoms with Gasteiger partial charge in [0, 0.05) is 32.9 Å². The van der Waals surface area contributed by atoms with Crippen LogP contribution in [0.1, 0.15) is 12.6 Å². The molecule has 0 bridgehead atoms. The molecule has 2 aromatic rings. The van der Waals surface area contributed by atoms with E-state index in [2.05, 4.69) is 21.5 Å². The Hall–Kier alpha value is -2.08. The second-order valence-electron chi connectivity index (χ2n) is 5.33. The number of carbonyl (C=O) groups is 1. The number of rotatable bonds is 4. The Balaban J connectivity index is 1.98. The highest BCUT2D eigenvalue weighted by molar-refractivity contribution is 5.82. The van der Waals surface area contributed by atoms with E-state index in [9.17, 15) is 4.79 Å². The number of likely N-dealkylation sites (N-methyl/N-ethyl adjacent to an activating group) is 1. The van der Waals surface area contributed by atoms with Gasteiger partial charge in [-0.25, -0.2) is 4.98 Å². The van der Waals surface area contributed by atoms with E-state index in [-0.39, 0.29) is 5.91 Å². The lowest BCUT2D eigenvalue weighted by molar-refractivity contribution is -0.129. The van der Waals surface area contributed by atoms with Crippen molar-refractivity contribution < 1.29 is 4.79 Å². The molecule has 1 aliphatic heterocycles. The second-order valence-corrected chi connectivity index (χ2v) is 5.33. The van der Waals surface area contributed by atoms with Crippen molar-refractivity contribution in [3.63, 3.8) is 0 Å². The quantitative estimate of drug-likeness (QED) is 0.900. The Kier molecular flexibility index (Phi) is 3.79.